The van der Waals surface area contributed by atoms with Gasteiger partial charge in [-0.25, -0.2) is 4.98 Å². The molecule has 1 aromatic rings. The zero-order valence-corrected chi connectivity index (χ0v) is 12.6. The number of nitrogens with one attached hydrogen (secondary N) is 1. The summed E-state index contributed by atoms with van der Waals surface area (Å²) in [5.74, 6) is 0.0411. The molecule has 0 aliphatic carbocycles. The topological polar surface area (TPSA) is 59.4 Å². The van der Waals surface area contributed by atoms with Crippen LogP contribution in [0.4, 0.5) is 0 Å². The Labute approximate surface area is 120 Å². The van der Waals surface area contributed by atoms with E-state index in [4.69, 9.17) is 4.74 Å². The smallest absolute Gasteiger partial charge is 0.242 e. The van der Waals surface area contributed by atoms with E-state index in [0.29, 0.717) is 6.61 Å². The lowest BCUT2D eigenvalue weighted by Crippen LogP contribution is -2.57. The van der Waals surface area contributed by atoms with E-state index < -0.39 is 5.54 Å². The van der Waals surface area contributed by atoms with E-state index in [0.717, 1.165) is 38.2 Å². The molecule has 1 fully saturated rings. The van der Waals surface area contributed by atoms with Gasteiger partial charge in [0.25, 0.3) is 0 Å². The van der Waals surface area contributed by atoms with Crippen molar-refractivity contribution < 1.29 is 9.53 Å². The third-order valence-corrected chi connectivity index (χ3v) is 4.15. The van der Waals surface area contributed by atoms with Gasteiger partial charge in [-0.15, -0.1) is 0 Å². The number of nitrogens with zero attached hydrogens (tertiary/aromatic N) is 3. The Hall–Kier alpha value is -1.40. The van der Waals surface area contributed by atoms with Gasteiger partial charge in [-0.1, -0.05) is 0 Å². The van der Waals surface area contributed by atoms with Crippen LogP contribution in [0.25, 0.3) is 0 Å². The quantitative estimate of drug-likeness (QED) is 0.830. The first-order valence-corrected chi connectivity index (χ1v) is 7.13. The number of ether oxygens (including phenoxy) is 1. The van der Waals surface area contributed by atoms with Gasteiger partial charge in [0, 0.05) is 33.4 Å². The van der Waals surface area contributed by atoms with Crippen LogP contribution in [-0.2, 0) is 22.6 Å². The predicted molar refractivity (Wildman–Crippen MR) is 76.2 cm³/mol. The molecule has 0 spiro atoms. The van der Waals surface area contributed by atoms with Gasteiger partial charge < -0.3 is 14.6 Å². The van der Waals surface area contributed by atoms with Gasteiger partial charge in [0.15, 0.2) is 0 Å². The number of methoxy groups -OCH3 is 1. The molecule has 112 valence electrons. The molecule has 2 heterocycles. The maximum absolute atomic E-state index is 12.4. The van der Waals surface area contributed by atoms with Crippen molar-refractivity contribution in [3.05, 3.63) is 18.2 Å². The van der Waals surface area contributed by atoms with Crippen molar-refractivity contribution in [2.24, 2.45) is 0 Å². The molecule has 6 nitrogen and oxygen atoms in total. The molecule has 6 heteroatoms. The van der Waals surface area contributed by atoms with Gasteiger partial charge >= 0.3 is 0 Å². The maximum Gasteiger partial charge on any atom is 0.242 e. The largest absolute Gasteiger partial charge is 0.382 e. The summed E-state index contributed by atoms with van der Waals surface area (Å²) >= 11 is 0. The fourth-order valence-corrected chi connectivity index (χ4v) is 3.08. The van der Waals surface area contributed by atoms with Crippen molar-refractivity contribution in [1.29, 1.82) is 0 Å². The molecule has 0 aromatic carbocycles. The number of likely N-dealkylation sites (tertiary alicyclic amines) is 1. The number of carbonyl (C=O) groups is 1. The van der Waals surface area contributed by atoms with Gasteiger partial charge in [-0.3, -0.25) is 9.69 Å². The minimum Gasteiger partial charge on any atom is -0.382 e. The zero-order chi connectivity index (χ0) is 14.6. The number of amides is 1. The molecule has 1 unspecified atom stereocenters. The SMILES string of the molecule is CCn1cncc1CN1CCCC1(COC)C(=O)NC. The van der Waals surface area contributed by atoms with Crippen LogP contribution in [0.3, 0.4) is 0 Å². The lowest BCUT2D eigenvalue weighted by molar-refractivity contribution is -0.135. The van der Waals surface area contributed by atoms with E-state index in [1.54, 1.807) is 14.2 Å². The van der Waals surface area contributed by atoms with Crippen molar-refractivity contribution in [1.82, 2.24) is 19.8 Å². The van der Waals surface area contributed by atoms with E-state index in [9.17, 15) is 4.79 Å². The minimum absolute atomic E-state index is 0.0411. The van der Waals surface area contributed by atoms with Crippen molar-refractivity contribution >= 4 is 5.91 Å². The number of likely N-dealkylation sites (N-methyl/N-ethyl adjacent to an activating group) is 1. The Morgan fingerprint density at radius 3 is 3.05 bits per heavy atom. The third-order valence-electron chi connectivity index (χ3n) is 4.15. The van der Waals surface area contributed by atoms with Crippen LogP contribution in [-0.4, -0.2) is 53.2 Å². The number of carbonyl (C=O) groups excluding carboxylic acids is 1. The van der Waals surface area contributed by atoms with E-state index in [1.165, 1.54) is 0 Å². The summed E-state index contributed by atoms with van der Waals surface area (Å²) in [4.78, 5) is 18.8. The monoisotopic (exact) mass is 280 g/mol. The molecule has 0 saturated carbocycles. The van der Waals surface area contributed by atoms with Crippen molar-refractivity contribution in [2.45, 2.75) is 38.4 Å². The van der Waals surface area contributed by atoms with E-state index in [-0.39, 0.29) is 5.91 Å². The van der Waals surface area contributed by atoms with Crippen LogP contribution in [0.1, 0.15) is 25.5 Å². The summed E-state index contributed by atoms with van der Waals surface area (Å²) in [6.45, 7) is 5.04. The van der Waals surface area contributed by atoms with Crippen LogP contribution >= 0.6 is 0 Å². The first-order valence-electron chi connectivity index (χ1n) is 7.13. The second-order valence-corrected chi connectivity index (χ2v) is 5.24. The highest BCUT2D eigenvalue weighted by Crippen LogP contribution is 2.31. The van der Waals surface area contributed by atoms with Gasteiger partial charge in [-0.2, -0.15) is 0 Å². The summed E-state index contributed by atoms with van der Waals surface area (Å²) in [5, 5.41) is 2.79. The van der Waals surface area contributed by atoms with E-state index in [1.807, 2.05) is 12.5 Å². The van der Waals surface area contributed by atoms with Crippen molar-refractivity contribution in [3.8, 4) is 0 Å². The highest BCUT2D eigenvalue weighted by molar-refractivity contribution is 5.86. The molecule has 20 heavy (non-hydrogen) atoms. The van der Waals surface area contributed by atoms with Gasteiger partial charge in [0.2, 0.25) is 5.91 Å². The van der Waals surface area contributed by atoms with Crippen LogP contribution < -0.4 is 5.32 Å². The molecule has 1 aromatic heterocycles. The van der Waals surface area contributed by atoms with Crippen molar-refractivity contribution in [2.75, 3.05) is 27.3 Å². The molecular formula is C14H24N4O2. The highest BCUT2D eigenvalue weighted by atomic mass is 16.5. The van der Waals surface area contributed by atoms with Crippen molar-refractivity contribution in [3.63, 3.8) is 0 Å². The van der Waals surface area contributed by atoms with Crippen LogP contribution in [0.2, 0.25) is 0 Å². The Balaban J connectivity index is 2.22. The molecule has 2 rings (SSSR count). The third kappa shape index (κ3) is 2.58. The van der Waals surface area contributed by atoms with Gasteiger partial charge in [0.05, 0.1) is 18.6 Å². The number of hydrogen-bond donors (Lipinski definition) is 1. The Bertz CT molecular complexity index is 460. The molecule has 1 amide bonds. The molecule has 1 N–H and O–H groups in total. The fraction of sp³-hybridized carbons (Fsp3) is 0.714. The Morgan fingerprint density at radius 1 is 1.60 bits per heavy atom. The highest BCUT2D eigenvalue weighted by Gasteiger charge is 2.47. The number of imidazole rings is 1. The first kappa shape index (κ1) is 15.0. The van der Waals surface area contributed by atoms with Crippen LogP contribution in [0.15, 0.2) is 12.5 Å². The molecule has 0 bridgehead atoms. The Morgan fingerprint density at radius 2 is 2.40 bits per heavy atom. The maximum atomic E-state index is 12.4. The summed E-state index contributed by atoms with van der Waals surface area (Å²) in [6, 6.07) is 0. The van der Waals surface area contributed by atoms with Crippen LogP contribution in [0.5, 0.6) is 0 Å². The average Bonchev–Trinajstić information content (AvgIpc) is 3.07. The average molecular weight is 280 g/mol. The number of rotatable bonds is 6. The molecular weight excluding hydrogens is 256 g/mol. The standard InChI is InChI=1S/C14H24N4O2/c1-4-17-11-16-8-12(17)9-18-7-5-6-14(18,10-20-3)13(19)15-2/h8,11H,4-7,9-10H2,1-3H3,(H,15,19). The molecule has 1 atom stereocenters. The number of aromatic nitrogens is 2. The molecule has 1 saturated heterocycles. The second kappa shape index (κ2) is 6.37. The fourth-order valence-electron chi connectivity index (χ4n) is 3.08. The lowest BCUT2D eigenvalue weighted by atomic mass is 9.95. The van der Waals surface area contributed by atoms with Crippen LogP contribution in [0, 0.1) is 0 Å². The van der Waals surface area contributed by atoms with E-state index >= 15 is 0 Å². The zero-order valence-electron chi connectivity index (χ0n) is 12.6. The summed E-state index contributed by atoms with van der Waals surface area (Å²) in [6.07, 6.45) is 5.56. The first-order chi connectivity index (χ1) is 9.67. The second-order valence-electron chi connectivity index (χ2n) is 5.24. The Kier molecular flexibility index (Phi) is 4.77. The molecule has 1 aliphatic rings. The summed E-state index contributed by atoms with van der Waals surface area (Å²) in [5.41, 5.74) is 0.588. The van der Waals surface area contributed by atoms with E-state index in [2.05, 4.69) is 26.7 Å². The number of hydrogen-bond acceptors (Lipinski definition) is 4. The van der Waals surface area contributed by atoms with Gasteiger partial charge in [0.1, 0.15) is 5.54 Å². The van der Waals surface area contributed by atoms with Gasteiger partial charge in [-0.05, 0) is 26.3 Å². The molecule has 1 aliphatic heterocycles. The predicted octanol–water partition coefficient (Wildman–Crippen LogP) is 0.630. The number of aryl methyl sites for hydroxylation is 1. The summed E-state index contributed by atoms with van der Waals surface area (Å²) < 4.78 is 7.44. The molecule has 0 radical (unpaired) electrons. The lowest BCUT2D eigenvalue weighted by Gasteiger charge is -2.36. The minimum atomic E-state index is -0.549. The normalized spacial score (nSPS) is 23.1. The summed E-state index contributed by atoms with van der Waals surface area (Å²) in [7, 11) is 3.34.